The maximum absolute atomic E-state index is 13.4. The Hall–Kier alpha value is -4.59. The highest BCUT2D eigenvalue weighted by molar-refractivity contribution is 5.99. The largest absolute Gasteiger partial charge is 0.349 e. The highest BCUT2D eigenvalue weighted by Crippen LogP contribution is 2.39. The minimum atomic E-state index is -0.295. The molecule has 5 aromatic rings. The fraction of sp³-hybridized carbons (Fsp3) is 0.111. The molecule has 1 aliphatic rings. The molecule has 0 unspecified atom stereocenters. The van der Waals surface area contributed by atoms with Gasteiger partial charge in [0.15, 0.2) is 0 Å². The van der Waals surface area contributed by atoms with E-state index in [2.05, 4.69) is 20.4 Å². The molecular weight excluding hydrogens is 443 g/mol. The Morgan fingerprint density at radius 2 is 1.63 bits per heavy atom. The third-order valence-corrected chi connectivity index (χ3v) is 6.24. The predicted molar refractivity (Wildman–Crippen MR) is 132 cm³/mol. The molecule has 2 atom stereocenters. The van der Waals surface area contributed by atoms with E-state index in [1.807, 2.05) is 53.4 Å². The van der Waals surface area contributed by atoms with Crippen molar-refractivity contribution >= 4 is 28.4 Å². The van der Waals surface area contributed by atoms with E-state index < -0.39 is 0 Å². The lowest BCUT2D eigenvalue weighted by Crippen LogP contribution is -2.33. The molecule has 1 fully saturated rings. The van der Waals surface area contributed by atoms with Gasteiger partial charge in [-0.25, -0.2) is 19.0 Å². The van der Waals surface area contributed by atoms with Gasteiger partial charge in [-0.1, -0.05) is 30.3 Å². The van der Waals surface area contributed by atoms with Gasteiger partial charge in [0.1, 0.15) is 5.82 Å². The average Bonchev–Trinajstić information content (AvgIpc) is 3.46. The first kappa shape index (κ1) is 21.0. The molecule has 6 rings (SSSR count). The van der Waals surface area contributed by atoms with Gasteiger partial charge in [0.05, 0.1) is 29.5 Å². The average molecular weight is 465 g/mol. The van der Waals surface area contributed by atoms with Crippen LogP contribution in [-0.2, 0) is 4.79 Å². The summed E-state index contributed by atoms with van der Waals surface area (Å²) in [6.07, 6.45) is 5.42. The van der Waals surface area contributed by atoms with Crippen molar-refractivity contribution in [3.63, 3.8) is 0 Å². The first-order chi connectivity index (χ1) is 17.2. The number of halogens is 1. The zero-order chi connectivity index (χ0) is 23.8. The first-order valence-electron chi connectivity index (χ1n) is 11.3. The second kappa shape index (κ2) is 8.64. The summed E-state index contributed by atoms with van der Waals surface area (Å²) in [6.45, 7) is 0. The molecule has 0 bridgehead atoms. The van der Waals surface area contributed by atoms with Gasteiger partial charge in [-0.3, -0.25) is 4.79 Å². The van der Waals surface area contributed by atoms with Crippen LogP contribution in [0, 0.1) is 5.82 Å². The Balaban J connectivity index is 1.39. The molecule has 0 radical (unpaired) electrons. The van der Waals surface area contributed by atoms with E-state index in [1.165, 1.54) is 12.1 Å². The topological polar surface area (TPSA) is 75.9 Å². The maximum atomic E-state index is 13.4. The van der Waals surface area contributed by atoms with Crippen LogP contribution in [0.3, 0.4) is 0 Å². The van der Waals surface area contributed by atoms with Crippen LogP contribution in [0.25, 0.3) is 16.6 Å². The smallest absolute Gasteiger partial charge is 0.229 e. The SMILES string of the molecule is O=C1C[C@H](Nc2ncccn2)[C@@H](c2ccccc2)N1c1ccc2c(cnn2-c2ccc(F)cc2)c1. The van der Waals surface area contributed by atoms with Gasteiger partial charge in [0, 0.05) is 29.9 Å². The van der Waals surface area contributed by atoms with Crippen molar-refractivity contribution in [1.82, 2.24) is 19.7 Å². The van der Waals surface area contributed by atoms with Crippen molar-refractivity contribution in [3.8, 4) is 5.69 Å². The van der Waals surface area contributed by atoms with Gasteiger partial charge in [0.25, 0.3) is 0 Å². The van der Waals surface area contributed by atoms with Gasteiger partial charge in [-0.2, -0.15) is 5.10 Å². The van der Waals surface area contributed by atoms with Crippen molar-refractivity contribution in [3.05, 3.63) is 109 Å². The van der Waals surface area contributed by atoms with E-state index in [0.717, 1.165) is 27.8 Å². The highest BCUT2D eigenvalue weighted by Gasteiger charge is 2.42. The molecule has 1 aliphatic heterocycles. The zero-order valence-corrected chi connectivity index (χ0v) is 18.6. The second-order valence-corrected chi connectivity index (χ2v) is 8.42. The summed E-state index contributed by atoms with van der Waals surface area (Å²) in [4.78, 5) is 23.7. The summed E-state index contributed by atoms with van der Waals surface area (Å²) in [5.41, 5.74) is 3.44. The summed E-state index contributed by atoms with van der Waals surface area (Å²) in [5.74, 6) is 0.206. The molecule has 3 aromatic carbocycles. The summed E-state index contributed by atoms with van der Waals surface area (Å²) < 4.78 is 15.1. The zero-order valence-electron chi connectivity index (χ0n) is 18.6. The van der Waals surface area contributed by atoms with Gasteiger partial charge >= 0.3 is 0 Å². The lowest BCUT2D eigenvalue weighted by atomic mass is 9.99. The third-order valence-electron chi connectivity index (χ3n) is 6.24. The number of nitrogens with zero attached hydrogens (tertiary/aromatic N) is 5. The molecule has 1 N–H and O–H groups in total. The van der Waals surface area contributed by atoms with Crippen LogP contribution in [0.1, 0.15) is 18.0 Å². The van der Waals surface area contributed by atoms with Crippen molar-refractivity contribution in [2.75, 3.05) is 10.2 Å². The highest BCUT2D eigenvalue weighted by atomic mass is 19.1. The fourth-order valence-electron chi connectivity index (χ4n) is 4.70. The van der Waals surface area contributed by atoms with Crippen molar-refractivity contribution in [2.24, 2.45) is 0 Å². The molecule has 172 valence electrons. The molecule has 8 heteroatoms. The Bertz CT molecular complexity index is 1490. The van der Waals surface area contributed by atoms with Crippen molar-refractivity contribution < 1.29 is 9.18 Å². The van der Waals surface area contributed by atoms with Crippen molar-refractivity contribution in [1.29, 1.82) is 0 Å². The summed E-state index contributed by atoms with van der Waals surface area (Å²) >= 11 is 0. The van der Waals surface area contributed by atoms with Crippen LogP contribution in [-0.4, -0.2) is 31.7 Å². The minimum absolute atomic E-state index is 0.0116. The molecule has 0 spiro atoms. The maximum Gasteiger partial charge on any atom is 0.229 e. The normalized spacial score (nSPS) is 17.7. The first-order valence-corrected chi connectivity index (χ1v) is 11.3. The molecule has 7 nitrogen and oxygen atoms in total. The number of nitrogens with one attached hydrogen (secondary N) is 1. The molecule has 0 aliphatic carbocycles. The van der Waals surface area contributed by atoms with E-state index in [9.17, 15) is 9.18 Å². The minimum Gasteiger partial charge on any atom is -0.349 e. The third kappa shape index (κ3) is 3.89. The summed E-state index contributed by atoms with van der Waals surface area (Å²) in [5, 5.41) is 8.73. The summed E-state index contributed by atoms with van der Waals surface area (Å²) in [7, 11) is 0. The number of benzene rings is 3. The van der Waals surface area contributed by atoms with E-state index in [1.54, 1.807) is 41.5 Å². The summed E-state index contributed by atoms with van der Waals surface area (Å²) in [6, 6.07) is 23.3. The van der Waals surface area contributed by atoms with Crippen LogP contribution < -0.4 is 10.2 Å². The molecule has 3 heterocycles. The van der Waals surface area contributed by atoms with E-state index in [4.69, 9.17) is 0 Å². The predicted octanol–water partition coefficient (Wildman–Crippen LogP) is 4.91. The number of rotatable bonds is 5. The fourth-order valence-corrected chi connectivity index (χ4v) is 4.70. The molecule has 2 aromatic heterocycles. The van der Waals surface area contributed by atoms with Crippen molar-refractivity contribution in [2.45, 2.75) is 18.5 Å². The number of hydrogen-bond acceptors (Lipinski definition) is 5. The van der Waals surface area contributed by atoms with Gasteiger partial charge in [0.2, 0.25) is 11.9 Å². The van der Waals surface area contributed by atoms with Crippen LogP contribution in [0.2, 0.25) is 0 Å². The Morgan fingerprint density at radius 1 is 0.886 bits per heavy atom. The number of anilines is 2. The second-order valence-electron chi connectivity index (χ2n) is 8.42. The lowest BCUT2D eigenvalue weighted by Gasteiger charge is -2.29. The van der Waals surface area contributed by atoms with Crippen LogP contribution in [0.5, 0.6) is 0 Å². The number of aromatic nitrogens is 4. The molecule has 0 saturated carbocycles. The van der Waals surface area contributed by atoms with Crippen LogP contribution in [0.15, 0.2) is 97.5 Å². The number of amides is 1. The molecule has 1 saturated heterocycles. The van der Waals surface area contributed by atoms with Crippen LogP contribution in [0.4, 0.5) is 16.0 Å². The Morgan fingerprint density at radius 3 is 2.40 bits per heavy atom. The Kier molecular flexibility index (Phi) is 5.18. The van der Waals surface area contributed by atoms with E-state index in [0.29, 0.717) is 12.4 Å². The van der Waals surface area contributed by atoms with E-state index >= 15 is 0 Å². The molecule has 1 amide bonds. The number of carbonyl (C=O) groups excluding carboxylic acids is 1. The quantitative estimate of drug-likeness (QED) is 0.400. The van der Waals surface area contributed by atoms with Gasteiger partial charge in [-0.15, -0.1) is 0 Å². The number of fused-ring (bicyclic) bond motifs is 1. The van der Waals surface area contributed by atoms with Gasteiger partial charge < -0.3 is 10.2 Å². The lowest BCUT2D eigenvalue weighted by molar-refractivity contribution is -0.117. The van der Waals surface area contributed by atoms with Crippen LogP contribution >= 0.6 is 0 Å². The molecule has 35 heavy (non-hydrogen) atoms. The van der Waals surface area contributed by atoms with E-state index in [-0.39, 0.29) is 23.8 Å². The standard InChI is InChI=1S/C27H21FN6O/c28-20-7-9-21(10-8-20)34-24-12-11-22(15-19(24)17-31-34)33-25(35)16-23(32-27-29-13-4-14-30-27)26(33)18-5-2-1-3-6-18/h1-15,17,23,26H,16H2,(H,29,30,32)/t23-,26+/m0/s1. The van der Waals surface area contributed by atoms with Gasteiger partial charge in [-0.05, 0) is 54.1 Å². The molecular formula is C27H21FN6O. The monoisotopic (exact) mass is 464 g/mol. The number of hydrogen-bond donors (Lipinski definition) is 1. The Labute approximate surface area is 200 Å². The number of carbonyl (C=O) groups is 1.